The molecule has 0 saturated heterocycles. The van der Waals surface area contributed by atoms with Crippen molar-refractivity contribution in [3.8, 4) is 0 Å². The summed E-state index contributed by atoms with van der Waals surface area (Å²) in [5, 5.41) is 0. The average molecular weight is 432 g/mol. The Morgan fingerprint density at radius 1 is 0.710 bits per heavy atom. The number of Topliss-reactive ketones (excluding diaryl/α,β-unsaturated/α-hetero) is 1. The summed E-state index contributed by atoms with van der Waals surface area (Å²) in [6.45, 7) is 11.4. The minimum atomic E-state index is -1.14. The van der Waals surface area contributed by atoms with E-state index >= 15 is 0 Å². The Bertz CT molecular complexity index is 1040. The van der Waals surface area contributed by atoms with E-state index in [1.807, 2.05) is 0 Å². The number of hydrogen-bond acceptors (Lipinski definition) is 7. The van der Waals surface area contributed by atoms with E-state index in [0.717, 1.165) is 0 Å². The van der Waals surface area contributed by atoms with Crippen molar-refractivity contribution < 1.29 is 33.4 Å². The number of hydrogen-bond donors (Lipinski definition) is 2. The molecule has 2 rings (SSSR count). The second-order valence-corrected chi connectivity index (χ2v) is 7.61. The predicted molar refractivity (Wildman–Crippen MR) is 112 cm³/mol. The number of aromatic nitrogens is 2. The van der Waals surface area contributed by atoms with Crippen molar-refractivity contribution in [2.75, 3.05) is 7.11 Å². The molecule has 0 spiro atoms. The zero-order valence-corrected chi connectivity index (χ0v) is 19.0. The molecule has 2 aromatic heterocycles. The molecular weight excluding hydrogens is 404 g/mol. The summed E-state index contributed by atoms with van der Waals surface area (Å²) < 4.78 is 15.3. The third kappa shape index (κ3) is 4.70. The number of aromatic amines is 2. The molecule has 0 bridgehead atoms. The van der Waals surface area contributed by atoms with E-state index in [0.29, 0.717) is 22.5 Å². The van der Waals surface area contributed by atoms with Gasteiger partial charge in [-0.1, -0.05) is 0 Å². The van der Waals surface area contributed by atoms with Crippen molar-refractivity contribution in [1.82, 2.24) is 9.97 Å². The first-order chi connectivity index (χ1) is 14.4. The highest BCUT2D eigenvalue weighted by Gasteiger charge is 2.30. The fourth-order valence-electron chi connectivity index (χ4n) is 3.41. The summed E-state index contributed by atoms with van der Waals surface area (Å²) in [6, 6.07) is 0. The molecule has 0 saturated carbocycles. The van der Waals surface area contributed by atoms with Gasteiger partial charge in [-0.2, -0.15) is 0 Å². The minimum absolute atomic E-state index is 0.0718. The molecule has 0 aliphatic rings. The van der Waals surface area contributed by atoms with Crippen LogP contribution in [-0.4, -0.2) is 53.0 Å². The maximum absolute atomic E-state index is 12.9. The van der Waals surface area contributed by atoms with Gasteiger partial charge in [0.15, 0.2) is 6.10 Å². The molecular formula is C22H28N2O7. The van der Waals surface area contributed by atoms with Crippen LogP contribution in [0, 0.1) is 27.7 Å². The maximum Gasteiger partial charge on any atom is 0.355 e. The number of rotatable bonds is 7. The molecule has 168 valence electrons. The van der Waals surface area contributed by atoms with Gasteiger partial charge in [-0.25, -0.2) is 14.4 Å². The SMILES string of the molecule is COC(=O)c1c(C)[nH]c(C(=O)C(C)OC(=O)c2[nH]c(C)c(C(=O)OC(C)C)c2C)c1C. The third-order valence-corrected chi connectivity index (χ3v) is 4.91. The van der Waals surface area contributed by atoms with Crippen molar-refractivity contribution in [2.45, 2.75) is 60.7 Å². The normalized spacial score (nSPS) is 11.9. The standard InChI is InChI=1S/C22H28N2O7/c1-9(2)30-21(27)16-11(4)18(24-13(16)6)22(28)31-14(7)19(25)17-10(3)15(12(5)23-17)20(26)29-8/h9,14,23-24H,1-8H3. The maximum atomic E-state index is 12.9. The lowest BCUT2D eigenvalue weighted by Crippen LogP contribution is -2.26. The van der Waals surface area contributed by atoms with Crippen LogP contribution in [0.1, 0.15) is 85.0 Å². The van der Waals surface area contributed by atoms with Crippen LogP contribution in [0.15, 0.2) is 0 Å². The van der Waals surface area contributed by atoms with Crippen molar-refractivity contribution >= 4 is 23.7 Å². The van der Waals surface area contributed by atoms with Gasteiger partial charge in [0.25, 0.3) is 0 Å². The quantitative estimate of drug-likeness (QED) is 0.390. The second-order valence-electron chi connectivity index (χ2n) is 7.61. The van der Waals surface area contributed by atoms with Crippen LogP contribution in [0.2, 0.25) is 0 Å². The Morgan fingerprint density at radius 3 is 1.71 bits per heavy atom. The van der Waals surface area contributed by atoms with Crippen molar-refractivity contribution in [2.24, 2.45) is 0 Å². The van der Waals surface area contributed by atoms with Crippen LogP contribution in [0.3, 0.4) is 0 Å². The first kappa shape index (κ1) is 23.9. The highest BCUT2D eigenvalue weighted by Crippen LogP contribution is 2.23. The molecule has 2 N–H and O–H groups in total. The second kappa shape index (κ2) is 9.20. The lowest BCUT2D eigenvalue weighted by molar-refractivity contribution is 0.0311. The van der Waals surface area contributed by atoms with E-state index in [1.54, 1.807) is 41.5 Å². The van der Waals surface area contributed by atoms with Gasteiger partial charge in [0, 0.05) is 11.4 Å². The smallest absolute Gasteiger partial charge is 0.355 e. The Hall–Kier alpha value is -3.36. The molecule has 0 aromatic carbocycles. The molecule has 0 amide bonds. The van der Waals surface area contributed by atoms with Crippen LogP contribution in [0.5, 0.6) is 0 Å². The molecule has 1 unspecified atom stereocenters. The Morgan fingerprint density at radius 2 is 1.19 bits per heavy atom. The number of methoxy groups -OCH3 is 1. The summed E-state index contributed by atoms with van der Waals surface area (Å²) in [6.07, 6.45) is -1.44. The summed E-state index contributed by atoms with van der Waals surface area (Å²) in [7, 11) is 1.26. The van der Waals surface area contributed by atoms with Crippen LogP contribution < -0.4 is 0 Å². The van der Waals surface area contributed by atoms with E-state index in [1.165, 1.54) is 14.0 Å². The number of esters is 3. The first-order valence-electron chi connectivity index (χ1n) is 9.83. The molecule has 31 heavy (non-hydrogen) atoms. The molecule has 9 heteroatoms. The van der Waals surface area contributed by atoms with E-state index in [9.17, 15) is 19.2 Å². The third-order valence-electron chi connectivity index (χ3n) is 4.91. The van der Waals surface area contributed by atoms with Crippen LogP contribution >= 0.6 is 0 Å². The molecule has 9 nitrogen and oxygen atoms in total. The van der Waals surface area contributed by atoms with Gasteiger partial charge in [-0.3, -0.25) is 4.79 Å². The minimum Gasteiger partial charge on any atom is -0.465 e. The Balaban J connectivity index is 2.25. The fraction of sp³-hybridized carbons (Fsp3) is 0.455. The van der Waals surface area contributed by atoms with Crippen molar-refractivity contribution in [1.29, 1.82) is 0 Å². The monoisotopic (exact) mass is 432 g/mol. The number of carbonyl (C=O) groups excluding carboxylic acids is 4. The summed E-state index contributed by atoms with van der Waals surface area (Å²) in [5.41, 5.74) is 2.52. The number of ether oxygens (including phenoxy) is 3. The molecule has 2 heterocycles. The highest BCUT2D eigenvalue weighted by atomic mass is 16.6. The Labute approximate surface area is 180 Å². The topological polar surface area (TPSA) is 128 Å². The number of nitrogens with one attached hydrogen (secondary N) is 2. The van der Waals surface area contributed by atoms with Crippen molar-refractivity contribution in [3.63, 3.8) is 0 Å². The largest absolute Gasteiger partial charge is 0.465 e. The van der Waals surface area contributed by atoms with Gasteiger partial charge in [0.05, 0.1) is 30.0 Å². The van der Waals surface area contributed by atoms with Gasteiger partial charge in [-0.05, 0) is 59.6 Å². The van der Waals surface area contributed by atoms with Gasteiger partial charge in [-0.15, -0.1) is 0 Å². The van der Waals surface area contributed by atoms with Gasteiger partial charge in [0.2, 0.25) is 5.78 Å². The number of aryl methyl sites for hydroxylation is 2. The predicted octanol–water partition coefficient (Wildman–Crippen LogP) is 3.36. The lowest BCUT2D eigenvalue weighted by Gasteiger charge is -2.12. The lowest BCUT2D eigenvalue weighted by atomic mass is 10.1. The van der Waals surface area contributed by atoms with Crippen LogP contribution in [0.25, 0.3) is 0 Å². The van der Waals surface area contributed by atoms with Gasteiger partial charge >= 0.3 is 17.9 Å². The molecule has 0 radical (unpaired) electrons. The van der Waals surface area contributed by atoms with E-state index in [-0.39, 0.29) is 28.6 Å². The van der Waals surface area contributed by atoms with Gasteiger partial charge in [0.1, 0.15) is 5.69 Å². The fourth-order valence-corrected chi connectivity index (χ4v) is 3.41. The van der Waals surface area contributed by atoms with Crippen LogP contribution in [-0.2, 0) is 14.2 Å². The summed E-state index contributed by atoms with van der Waals surface area (Å²) in [4.78, 5) is 55.5. The number of carbonyl (C=O) groups is 4. The van der Waals surface area contributed by atoms with Crippen LogP contribution in [0.4, 0.5) is 0 Å². The van der Waals surface area contributed by atoms with Crippen molar-refractivity contribution in [3.05, 3.63) is 45.0 Å². The molecule has 0 aliphatic heterocycles. The number of H-pyrrole nitrogens is 2. The van der Waals surface area contributed by atoms with E-state index < -0.39 is 29.8 Å². The zero-order chi connectivity index (χ0) is 23.6. The molecule has 0 fully saturated rings. The zero-order valence-electron chi connectivity index (χ0n) is 19.0. The Kier molecular flexibility index (Phi) is 7.09. The summed E-state index contributed by atoms with van der Waals surface area (Å²) in [5.74, 6) is -2.38. The van der Waals surface area contributed by atoms with E-state index in [2.05, 4.69) is 9.97 Å². The highest BCUT2D eigenvalue weighted by molar-refractivity contribution is 6.05. The number of ketones is 1. The summed E-state index contributed by atoms with van der Waals surface area (Å²) >= 11 is 0. The molecule has 0 aliphatic carbocycles. The van der Waals surface area contributed by atoms with E-state index in [4.69, 9.17) is 14.2 Å². The molecule has 1 atom stereocenters. The molecule has 2 aromatic rings. The van der Waals surface area contributed by atoms with Gasteiger partial charge < -0.3 is 24.2 Å². The first-order valence-corrected chi connectivity index (χ1v) is 9.83. The average Bonchev–Trinajstić information content (AvgIpc) is 3.14.